The van der Waals surface area contributed by atoms with Crippen LogP contribution >= 0.6 is 0 Å². The van der Waals surface area contributed by atoms with Crippen LogP contribution in [0.15, 0.2) is 47.4 Å². The van der Waals surface area contributed by atoms with Gasteiger partial charge in [-0.05, 0) is 55.0 Å². The van der Waals surface area contributed by atoms with E-state index < -0.39 is 10.0 Å². The van der Waals surface area contributed by atoms with Crippen LogP contribution in [0, 0.1) is 0 Å². The summed E-state index contributed by atoms with van der Waals surface area (Å²) in [7, 11) is -2.16. The van der Waals surface area contributed by atoms with E-state index in [2.05, 4.69) is 13.0 Å². The van der Waals surface area contributed by atoms with Gasteiger partial charge in [-0.1, -0.05) is 38.0 Å². The minimum absolute atomic E-state index is 0.150. The molecule has 0 aliphatic carbocycles. The Balaban J connectivity index is 1.72. The summed E-state index contributed by atoms with van der Waals surface area (Å²) in [5.74, 6) is 0.525. The molecule has 1 saturated heterocycles. The van der Waals surface area contributed by atoms with Crippen LogP contribution in [-0.4, -0.2) is 45.4 Å². The monoisotopic (exact) mass is 442 g/mol. The zero-order valence-electron chi connectivity index (χ0n) is 18.2. The van der Waals surface area contributed by atoms with Crippen molar-refractivity contribution in [3.05, 3.63) is 53.6 Å². The SMILES string of the molecule is COc1ccc(S(=O)(=O)N2CCCCCC2)cc1C(=O)N1CCC(C)c2ccccc21. The van der Waals surface area contributed by atoms with Crippen LogP contribution in [0.3, 0.4) is 0 Å². The largest absolute Gasteiger partial charge is 0.496 e. The molecule has 0 saturated carbocycles. The molecule has 4 rings (SSSR count). The van der Waals surface area contributed by atoms with Crippen LogP contribution in [0.5, 0.6) is 5.75 Å². The molecule has 0 aromatic heterocycles. The van der Waals surface area contributed by atoms with E-state index in [1.165, 1.54) is 13.2 Å². The summed E-state index contributed by atoms with van der Waals surface area (Å²) in [6.45, 7) is 3.79. The Morgan fingerprint density at radius 1 is 1.00 bits per heavy atom. The zero-order valence-corrected chi connectivity index (χ0v) is 19.0. The minimum Gasteiger partial charge on any atom is -0.496 e. The maximum atomic E-state index is 13.6. The van der Waals surface area contributed by atoms with Crippen LogP contribution in [-0.2, 0) is 10.0 Å². The highest BCUT2D eigenvalue weighted by molar-refractivity contribution is 7.89. The van der Waals surface area contributed by atoms with Crippen molar-refractivity contribution in [3.63, 3.8) is 0 Å². The number of sulfonamides is 1. The fourth-order valence-corrected chi connectivity index (χ4v) is 6.09. The van der Waals surface area contributed by atoms with Crippen LogP contribution < -0.4 is 9.64 Å². The number of benzene rings is 2. The standard InChI is InChI=1S/C24H30N2O4S/c1-18-13-16-26(22-10-6-5-9-20(18)22)24(27)21-17-19(11-12-23(21)30-2)31(28,29)25-14-7-3-4-8-15-25/h5-6,9-12,17-18H,3-4,7-8,13-16H2,1-2H3. The molecule has 1 amide bonds. The molecule has 2 aliphatic heterocycles. The Hall–Kier alpha value is -2.38. The normalized spacial score (nSPS) is 20.1. The lowest BCUT2D eigenvalue weighted by atomic mass is 9.91. The van der Waals surface area contributed by atoms with Gasteiger partial charge in [0.1, 0.15) is 5.75 Å². The Morgan fingerprint density at radius 3 is 2.42 bits per heavy atom. The van der Waals surface area contributed by atoms with E-state index in [0.29, 0.717) is 31.3 Å². The lowest BCUT2D eigenvalue weighted by Crippen LogP contribution is -2.37. The first kappa shape index (κ1) is 21.8. The molecule has 0 bridgehead atoms. The number of carbonyl (C=O) groups is 1. The third-order valence-corrected chi connectivity index (χ3v) is 8.29. The number of amides is 1. The maximum absolute atomic E-state index is 13.6. The van der Waals surface area contributed by atoms with Gasteiger partial charge in [0.25, 0.3) is 5.91 Å². The first-order valence-corrected chi connectivity index (χ1v) is 12.5. The van der Waals surface area contributed by atoms with E-state index >= 15 is 0 Å². The third-order valence-electron chi connectivity index (χ3n) is 6.39. The lowest BCUT2D eigenvalue weighted by Gasteiger charge is -2.33. The summed E-state index contributed by atoms with van der Waals surface area (Å²) in [6, 6.07) is 12.5. The van der Waals surface area contributed by atoms with Crippen LogP contribution in [0.4, 0.5) is 5.69 Å². The van der Waals surface area contributed by atoms with Gasteiger partial charge in [-0.25, -0.2) is 8.42 Å². The summed E-state index contributed by atoms with van der Waals surface area (Å²) in [6.07, 6.45) is 4.68. The summed E-state index contributed by atoms with van der Waals surface area (Å²) >= 11 is 0. The smallest absolute Gasteiger partial charge is 0.262 e. The van der Waals surface area contributed by atoms with E-state index in [1.807, 2.05) is 18.2 Å². The van der Waals surface area contributed by atoms with Crippen molar-refractivity contribution >= 4 is 21.6 Å². The molecule has 2 aromatic rings. The fraction of sp³-hybridized carbons (Fsp3) is 0.458. The number of hydrogen-bond acceptors (Lipinski definition) is 4. The predicted molar refractivity (Wildman–Crippen MR) is 121 cm³/mol. The summed E-state index contributed by atoms with van der Waals surface area (Å²) in [5, 5.41) is 0. The topological polar surface area (TPSA) is 66.9 Å². The summed E-state index contributed by atoms with van der Waals surface area (Å²) in [5.41, 5.74) is 2.30. The number of hydrogen-bond donors (Lipinski definition) is 0. The lowest BCUT2D eigenvalue weighted by molar-refractivity contribution is 0.0981. The van der Waals surface area contributed by atoms with Gasteiger partial charge in [-0.2, -0.15) is 4.31 Å². The Bertz CT molecular complexity index is 1060. The predicted octanol–water partition coefficient (Wildman–Crippen LogP) is 4.41. The molecule has 2 heterocycles. The molecular weight excluding hydrogens is 412 g/mol. The molecule has 0 radical (unpaired) electrons. The minimum atomic E-state index is -3.66. The van der Waals surface area contributed by atoms with E-state index in [0.717, 1.165) is 43.4 Å². The van der Waals surface area contributed by atoms with Gasteiger partial charge in [0.15, 0.2) is 0 Å². The second-order valence-corrected chi connectivity index (χ2v) is 10.3. The van der Waals surface area contributed by atoms with Crippen LogP contribution in [0.1, 0.15) is 60.9 Å². The van der Waals surface area contributed by atoms with Gasteiger partial charge in [0, 0.05) is 25.3 Å². The Morgan fingerprint density at radius 2 is 1.71 bits per heavy atom. The molecule has 31 heavy (non-hydrogen) atoms. The molecule has 1 atom stereocenters. The Kier molecular flexibility index (Phi) is 6.34. The van der Waals surface area contributed by atoms with Gasteiger partial charge < -0.3 is 9.64 Å². The fourth-order valence-electron chi connectivity index (χ4n) is 4.55. The number of rotatable bonds is 4. The molecule has 166 valence electrons. The first-order valence-electron chi connectivity index (χ1n) is 11.0. The molecule has 0 spiro atoms. The Labute approximate surface area is 184 Å². The summed E-state index contributed by atoms with van der Waals surface area (Å²) < 4.78 is 33.6. The number of anilines is 1. The average Bonchev–Trinajstić information content (AvgIpc) is 3.09. The number of methoxy groups -OCH3 is 1. The van der Waals surface area contributed by atoms with Crippen molar-refractivity contribution in [1.29, 1.82) is 0 Å². The summed E-state index contributed by atoms with van der Waals surface area (Å²) in [4.78, 5) is 15.5. The number of ether oxygens (including phenoxy) is 1. The molecule has 6 nitrogen and oxygen atoms in total. The van der Waals surface area contributed by atoms with Gasteiger partial charge in [-0.3, -0.25) is 4.79 Å². The number of fused-ring (bicyclic) bond motifs is 1. The van der Waals surface area contributed by atoms with Gasteiger partial charge in [-0.15, -0.1) is 0 Å². The number of para-hydroxylation sites is 1. The van der Waals surface area contributed by atoms with Crippen molar-refractivity contribution in [2.45, 2.75) is 49.8 Å². The van der Waals surface area contributed by atoms with Crippen molar-refractivity contribution in [1.82, 2.24) is 4.31 Å². The highest BCUT2D eigenvalue weighted by Crippen LogP contribution is 2.37. The molecule has 7 heteroatoms. The van der Waals surface area contributed by atoms with Crippen molar-refractivity contribution in [3.8, 4) is 5.75 Å². The van der Waals surface area contributed by atoms with Gasteiger partial charge >= 0.3 is 0 Å². The highest BCUT2D eigenvalue weighted by Gasteiger charge is 2.31. The molecule has 1 fully saturated rings. The second-order valence-electron chi connectivity index (χ2n) is 8.39. The maximum Gasteiger partial charge on any atom is 0.262 e. The molecule has 2 aliphatic rings. The van der Waals surface area contributed by atoms with Crippen molar-refractivity contribution in [2.24, 2.45) is 0 Å². The number of nitrogens with zero attached hydrogens (tertiary/aromatic N) is 2. The van der Waals surface area contributed by atoms with Gasteiger partial charge in [0.05, 0.1) is 17.6 Å². The van der Waals surface area contributed by atoms with Crippen LogP contribution in [0.25, 0.3) is 0 Å². The highest BCUT2D eigenvalue weighted by atomic mass is 32.2. The third kappa shape index (κ3) is 4.21. The zero-order chi connectivity index (χ0) is 22.0. The average molecular weight is 443 g/mol. The molecule has 0 N–H and O–H groups in total. The van der Waals surface area contributed by atoms with Crippen molar-refractivity contribution in [2.75, 3.05) is 31.6 Å². The van der Waals surface area contributed by atoms with E-state index in [-0.39, 0.29) is 16.4 Å². The molecule has 1 unspecified atom stereocenters. The quantitative estimate of drug-likeness (QED) is 0.703. The van der Waals surface area contributed by atoms with E-state index in [4.69, 9.17) is 4.74 Å². The van der Waals surface area contributed by atoms with Gasteiger partial charge in [0.2, 0.25) is 10.0 Å². The molecule has 2 aromatic carbocycles. The first-order chi connectivity index (χ1) is 14.9. The van der Waals surface area contributed by atoms with Crippen molar-refractivity contribution < 1.29 is 17.9 Å². The second kappa shape index (κ2) is 9.01. The van der Waals surface area contributed by atoms with Crippen LogP contribution in [0.2, 0.25) is 0 Å². The molecular formula is C24H30N2O4S. The van der Waals surface area contributed by atoms with E-state index in [9.17, 15) is 13.2 Å². The van der Waals surface area contributed by atoms with E-state index in [1.54, 1.807) is 21.3 Å². The number of carbonyl (C=O) groups excluding carboxylic acids is 1.